The van der Waals surface area contributed by atoms with Crippen LogP contribution in [0.25, 0.3) is 0 Å². The normalized spacial score (nSPS) is 12.4. The quantitative estimate of drug-likeness (QED) is 0.831. The van der Waals surface area contributed by atoms with E-state index < -0.39 is 0 Å². The van der Waals surface area contributed by atoms with Gasteiger partial charge in [-0.05, 0) is 53.4 Å². The van der Waals surface area contributed by atoms with Crippen LogP contribution in [-0.4, -0.2) is 20.8 Å². The van der Waals surface area contributed by atoms with Gasteiger partial charge in [0.15, 0.2) is 5.82 Å². The first-order chi connectivity index (χ1) is 10.1. The van der Waals surface area contributed by atoms with Crippen molar-refractivity contribution in [1.82, 2.24) is 14.8 Å². The van der Waals surface area contributed by atoms with Gasteiger partial charge in [-0.15, -0.1) is 0 Å². The fourth-order valence-corrected chi connectivity index (χ4v) is 2.58. The zero-order valence-corrected chi connectivity index (χ0v) is 14.0. The number of hydrogen-bond acceptors (Lipinski definition) is 4. The van der Waals surface area contributed by atoms with Crippen LogP contribution in [0, 0.1) is 0 Å². The second-order valence-corrected chi connectivity index (χ2v) is 5.77. The molecule has 0 radical (unpaired) electrons. The Kier molecular flexibility index (Phi) is 5.76. The van der Waals surface area contributed by atoms with Gasteiger partial charge in [-0.1, -0.05) is 13.0 Å². The highest BCUT2D eigenvalue weighted by Crippen LogP contribution is 2.27. The van der Waals surface area contributed by atoms with E-state index in [4.69, 9.17) is 10.5 Å². The highest BCUT2D eigenvalue weighted by molar-refractivity contribution is 9.10. The molecule has 21 heavy (non-hydrogen) atoms. The summed E-state index contributed by atoms with van der Waals surface area (Å²) in [5, 5.41) is 4.13. The molecule has 0 fully saturated rings. The number of ether oxygens (including phenoxy) is 1. The topological polar surface area (TPSA) is 66.0 Å². The van der Waals surface area contributed by atoms with Gasteiger partial charge in [0.2, 0.25) is 0 Å². The fourth-order valence-electron chi connectivity index (χ4n) is 2.04. The molecular weight excluding hydrogens is 332 g/mol. The van der Waals surface area contributed by atoms with Gasteiger partial charge in [-0.3, -0.25) is 0 Å². The summed E-state index contributed by atoms with van der Waals surface area (Å²) in [6, 6.07) is 6.29. The van der Waals surface area contributed by atoms with Crippen LogP contribution in [0.1, 0.15) is 31.7 Å². The summed E-state index contributed by atoms with van der Waals surface area (Å²) in [5.74, 6) is 1.62. The Hall–Kier alpha value is -1.40. The molecule has 2 N–H and O–H groups in total. The lowest BCUT2D eigenvalue weighted by molar-refractivity contribution is 0.285. The smallest absolute Gasteiger partial charge is 0.164 e. The minimum atomic E-state index is 0.201. The number of nitrogens with zero attached hydrogens (tertiary/aromatic N) is 3. The molecule has 1 unspecified atom stereocenters. The standard InChI is InChI=1S/C15H21BrN4O/c1-3-12(17)7-11-5-6-14(13(16)8-11)21-9-15-18-10-19-20(15)4-2/h5-6,8,10,12H,3-4,7,9,17H2,1-2H3. The zero-order chi connectivity index (χ0) is 15.2. The molecule has 0 saturated heterocycles. The molecule has 1 aromatic carbocycles. The van der Waals surface area contributed by atoms with Gasteiger partial charge in [-0.25, -0.2) is 9.67 Å². The van der Waals surface area contributed by atoms with Gasteiger partial charge in [0.05, 0.1) is 4.47 Å². The summed E-state index contributed by atoms with van der Waals surface area (Å²) < 4.78 is 8.57. The first-order valence-electron chi connectivity index (χ1n) is 7.17. The second kappa shape index (κ2) is 7.56. The molecule has 0 aliphatic heterocycles. The van der Waals surface area contributed by atoms with Crippen molar-refractivity contribution < 1.29 is 4.74 Å². The number of benzene rings is 1. The van der Waals surface area contributed by atoms with Crippen LogP contribution in [0.3, 0.4) is 0 Å². The average Bonchev–Trinajstić information content (AvgIpc) is 2.93. The van der Waals surface area contributed by atoms with Crippen molar-refractivity contribution in [3.63, 3.8) is 0 Å². The maximum absolute atomic E-state index is 5.98. The van der Waals surface area contributed by atoms with E-state index in [1.54, 1.807) is 6.33 Å². The van der Waals surface area contributed by atoms with E-state index in [1.807, 2.05) is 17.7 Å². The van der Waals surface area contributed by atoms with Crippen LogP contribution >= 0.6 is 15.9 Å². The van der Waals surface area contributed by atoms with E-state index in [9.17, 15) is 0 Å². The highest BCUT2D eigenvalue weighted by atomic mass is 79.9. The molecule has 0 aliphatic rings. The number of nitrogens with two attached hydrogens (primary N) is 1. The molecule has 0 aliphatic carbocycles. The molecule has 114 valence electrons. The summed E-state index contributed by atoms with van der Waals surface area (Å²) in [6.45, 7) is 5.31. The summed E-state index contributed by atoms with van der Waals surface area (Å²) in [4.78, 5) is 4.19. The zero-order valence-electron chi connectivity index (χ0n) is 12.4. The molecule has 0 saturated carbocycles. The first kappa shape index (κ1) is 16.0. The maximum atomic E-state index is 5.98. The lowest BCUT2D eigenvalue weighted by atomic mass is 10.0. The molecule has 6 heteroatoms. The third-order valence-corrected chi connectivity index (χ3v) is 3.99. The molecule has 0 spiro atoms. The highest BCUT2D eigenvalue weighted by Gasteiger charge is 2.08. The number of aromatic nitrogens is 3. The molecular formula is C15H21BrN4O. The third kappa shape index (κ3) is 4.28. The molecule has 2 aromatic rings. The Morgan fingerprint density at radius 2 is 2.19 bits per heavy atom. The molecule has 0 bridgehead atoms. The Balaban J connectivity index is 2.01. The van der Waals surface area contributed by atoms with Crippen LogP contribution in [0.5, 0.6) is 5.75 Å². The van der Waals surface area contributed by atoms with Crippen LogP contribution in [-0.2, 0) is 19.6 Å². The predicted octanol–water partition coefficient (Wildman–Crippen LogP) is 2.92. The van der Waals surface area contributed by atoms with Crippen molar-refractivity contribution in [3.05, 3.63) is 40.4 Å². The summed E-state index contributed by atoms with van der Waals surface area (Å²) >= 11 is 3.55. The summed E-state index contributed by atoms with van der Waals surface area (Å²) in [7, 11) is 0. The molecule has 2 rings (SSSR count). The molecule has 1 atom stereocenters. The number of aryl methyl sites for hydroxylation is 1. The lowest BCUT2D eigenvalue weighted by Crippen LogP contribution is -2.21. The van der Waals surface area contributed by atoms with Crippen molar-refractivity contribution in [1.29, 1.82) is 0 Å². The van der Waals surface area contributed by atoms with Gasteiger partial charge in [0.1, 0.15) is 18.7 Å². The number of rotatable bonds is 7. The Morgan fingerprint density at radius 1 is 1.38 bits per heavy atom. The monoisotopic (exact) mass is 352 g/mol. The fraction of sp³-hybridized carbons (Fsp3) is 0.467. The Labute approximate surface area is 133 Å². The van der Waals surface area contributed by atoms with Crippen LogP contribution in [0.2, 0.25) is 0 Å². The van der Waals surface area contributed by atoms with Crippen molar-refractivity contribution in [2.24, 2.45) is 5.73 Å². The van der Waals surface area contributed by atoms with Gasteiger partial charge in [0.25, 0.3) is 0 Å². The van der Waals surface area contributed by atoms with E-state index in [0.29, 0.717) is 6.61 Å². The molecule has 1 aromatic heterocycles. The van der Waals surface area contributed by atoms with E-state index >= 15 is 0 Å². The SMILES string of the molecule is CCC(N)Cc1ccc(OCc2ncnn2CC)c(Br)c1. The van der Waals surface area contributed by atoms with Crippen LogP contribution < -0.4 is 10.5 Å². The van der Waals surface area contributed by atoms with Gasteiger partial charge >= 0.3 is 0 Å². The Morgan fingerprint density at radius 3 is 2.86 bits per heavy atom. The largest absolute Gasteiger partial charge is 0.484 e. The van der Waals surface area contributed by atoms with Crippen molar-refractivity contribution >= 4 is 15.9 Å². The van der Waals surface area contributed by atoms with Gasteiger partial charge < -0.3 is 10.5 Å². The van der Waals surface area contributed by atoms with Crippen LogP contribution in [0.4, 0.5) is 0 Å². The Bertz CT molecular complexity index is 585. The predicted molar refractivity (Wildman–Crippen MR) is 86.1 cm³/mol. The lowest BCUT2D eigenvalue weighted by Gasteiger charge is -2.12. The van der Waals surface area contributed by atoms with Crippen molar-refractivity contribution in [3.8, 4) is 5.75 Å². The maximum Gasteiger partial charge on any atom is 0.164 e. The summed E-state index contributed by atoms with van der Waals surface area (Å²) in [6.07, 6.45) is 3.40. The van der Waals surface area contributed by atoms with Gasteiger partial charge in [0, 0.05) is 12.6 Å². The van der Waals surface area contributed by atoms with E-state index in [-0.39, 0.29) is 6.04 Å². The van der Waals surface area contributed by atoms with E-state index in [1.165, 1.54) is 5.56 Å². The van der Waals surface area contributed by atoms with E-state index in [0.717, 1.165) is 35.4 Å². The number of hydrogen-bond donors (Lipinski definition) is 1. The van der Waals surface area contributed by atoms with Crippen LogP contribution in [0.15, 0.2) is 29.0 Å². The van der Waals surface area contributed by atoms with Crippen molar-refractivity contribution in [2.45, 2.75) is 45.9 Å². The molecule has 5 nitrogen and oxygen atoms in total. The first-order valence-corrected chi connectivity index (χ1v) is 7.96. The van der Waals surface area contributed by atoms with Gasteiger partial charge in [-0.2, -0.15) is 5.10 Å². The minimum Gasteiger partial charge on any atom is -0.484 e. The minimum absolute atomic E-state index is 0.201. The van der Waals surface area contributed by atoms with Crippen molar-refractivity contribution in [2.75, 3.05) is 0 Å². The summed E-state index contributed by atoms with van der Waals surface area (Å²) in [5.41, 5.74) is 7.19. The average molecular weight is 353 g/mol. The second-order valence-electron chi connectivity index (χ2n) is 4.92. The molecule has 1 heterocycles. The third-order valence-electron chi connectivity index (χ3n) is 3.37. The number of halogens is 1. The van der Waals surface area contributed by atoms with E-state index in [2.05, 4.69) is 45.1 Å². The molecule has 0 amide bonds.